The summed E-state index contributed by atoms with van der Waals surface area (Å²) in [5.41, 5.74) is 0.0592. The number of benzene rings is 1. The largest absolute Gasteiger partial charge is 0.374 e. The number of ketones is 1. The maximum absolute atomic E-state index is 13.1. The average Bonchev–Trinajstić information content (AvgIpc) is 2.22. The normalized spacial score (nSPS) is 12.5. The number of carbonyl (C=O) groups excluding carboxylic acids is 1. The van der Waals surface area contributed by atoms with Gasteiger partial charge in [0.2, 0.25) is 0 Å². The van der Waals surface area contributed by atoms with E-state index >= 15 is 0 Å². The van der Waals surface area contributed by atoms with Crippen molar-refractivity contribution in [3.05, 3.63) is 35.4 Å². The van der Waals surface area contributed by atoms with E-state index < -0.39 is 17.7 Å². The summed E-state index contributed by atoms with van der Waals surface area (Å²) in [6, 6.07) is 3.05. The lowest BCUT2D eigenvalue weighted by Crippen LogP contribution is -2.21. The van der Waals surface area contributed by atoms with Crippen LogP contribution in [0.3, 0.4) is 0 Å². The van der Waals surface area contributed by atoms with Crippen molar-refractivity contribution in [2.24, 2.45) is 0 Å². The fourth-order valence-corrected chi connectivity index (χ4v) is 1.14. The summed E-state index contributed by atoms with van der Waals surface area (Å²) in [7, 11) is 1.39. The van der Waals surface area contributed by atoms with Gasteiger partial charge in [-0.25, -0.2) is 8.78 Å². The van der Waals surface area contributed by atoms with E-state index in [2.05, 4.69) is 0 Å². The van der Waals surface area contributed by atoms with Gasteiger partial charge in [0.1, 0.15) is 17.7 Å². The number of hydrogen-bond donors (Lipinski definition) is 0. The molecule has 2 nitrogen and oxygen atoms in total. The van der Waals surface area contributed by atoms with E-state index in [1.165, 1.54) is 7.11 Å². The molecule has 0 aromatic heterocycles. The van der Waals surface area contributed by atoms with Crippen LogP contribution in [-0.4, -0.2) is 19.0 Å². The maximum atomic E-state index is 13.1. The predicted molar refractivity (Wildman–Crippen MR) is 51.5 cm³/mol. The van der Waals surface area contributed by atoms with Gasteiger partial charge in [0.25, 0.3) is 0 Å². The Morgan fingerprint density at radius 2 is 2.13 bits per heavy atom. The second-order valence-corrected chi connectivity index (χ2v) is 3.26. The third kappa shape index (κ3) is 3.09. The van der Waals surface area contributed by atoms with Crippen LogP contribution >= 0.6 is 0 Å². The Bertz CT molecular complexity index is 364. The molecular formula is C11H12F2O2. The highest BCUT2D eigenvalue weighted by Crippen LogP contribution is 2.11. The monoisotopic (exact) mass is 214 g/mol. The molecule has 0 radical (unpaired) electrons. The Balaban J connectivity index is 2.80. The van der Waals surface area contributed by atoms with Crippen molar-refractivity contribution in [3.8, 4) is 0 Å². The number of hydrogen-bond acceptors (Lipinski definition) is 2. The summed E-state index contributed by atoms with van der Waals surface area (Å²) in [4.78, 5) is 11.4. The van der Waals surface area contributed by atoms with Crippen molar-refractivity contribution >= 4 is 5.78 Å². The maximum Gasteiger partial charge on any atom is 0.165 e. The van der Waals surface area contributed by atoms with Crippen molar-refractivity contribution < 1.29 is 18.3 Å². The van der Waals surface area contributed by atoms with E-state index in [1.54, 1.807) is 6.92 Å². The highest BCUT2D eigenvalue weighted by Gasteiger charge is 2.15. The molecule has 0 aliphatic carbocycles. The molecule has 0 amide bonds. The Morgan fingerprint density at radius 3 is 2.73 bits per heavy atom. The van der Waals surface area contributed by atoms with Gasteiger partial charge in [-0.3, -0.25) is 4.79 Å². The van der Waals surface area contributed by atoms with Crippen LogP contribution in [-0.2, 0) is 16.0 Å². The lowest BCUT2D eigenvalue weighted by atomic mass is 10.1. The number of halogens is 2. The van der Waals surface area contributed by atoms with Crippen LogP contribution in [0.1, 0.15) is 12.5 Å². The fourth-order valence-electron chi connectivity index (χ4n) is 1.14. The molecule has 1 unspecified atom stereocenters. The molecule has 0 saturated carbocycles. The quantitative estimate of drug-likeness (QED) is 0.767. The molecule has 0 heterocycles. The first-order valence-corrected chi connectivity index (χ1v) is 4.54. The topological polar surface area (TPSA) is 26.3 Å². The SMILES string of the molecule is COC(C)C(=O)Cc1cc(F)ccc1F. The molecule has 4 heteroatoms. The van der Waals surface area contributed by atoms with E-state index in [1.807, 2.05) is 0 Å². The standard InChI is InChI=1S/C11H12F2O2/c1-7(15-2)11(14)6-8-5-9(12)3-4-10(8)13/h3-5,7H,6H2,1-2H3. The molecule has 0 bridgehead atoms. The Morgan fingerprint density at radius 1 is 1.47 bits per heavy atom. The van der Waals surface area contributed by atoms with Crippen LogP contribution in [0.5, 0.6) is 0 Å². The van der Waals surface area contributed by atoms with Gasteiger partial charge in [-0.2, -0.15) is 0 Å². The highest BCUT2D eigenvalue weighted by atomic mass is 19.1. The summed E-state index contributed by atoms with van der Waals surface area (Å²) >= 11 is 0. The minimum Gasteiger partial charge on any atom is -0.374 e. The second kappa shape index (κ2) is 4.98. The summed E-state index contributed by atoms with van der Waals surface area (Å²) in [5.74, 6) is -1.40. The van der Waals surface area contributed by atoms with Gasteiger partial charge in [-0.1, -0.05) is 0 Å². The van der Waals surface area contributed by atoms with E-state index in [0.717, 1.165) is 18.2 Å². The van der Waals surface area contributed by atoms with Gasteiger partial charge in [-0.15, -0.1) is 0 Å². The molecule has 1 rings (SSSR count). The first-order chi connectivity index (χ1) is 7.04. The zero-order valence-electron chi connectivity index (χ0n) is 8.59. The average molecular weight is 214 g/mol. The van der Waals surface area contributed by atoms with Crippen molar-refractivity contribution in [3.63, 3.8) is 0 Å². The highest BCUT2D eigenvalue weighted by molar-refractivity contribution is 5.84. The molecule has 1 aromatic rings. The lowest BCUT2D eigenvalue weighted by molar-refractivity contribution is -0.127. The van der Waals surface area contributed by atoms with Gasteiger partial charge < -0.3 is 4.74 Å². The van der Waals surface area contributed by atoms with Crippen LogP contribution in [0.25, 0.3) is 0 Å². The van der Waals surface area contributed by atoms with Crippen molar-refractivity contribution in [1.29, 1.82) is 0 Å². The summed E-state index contributed by atoms with van der Waals surface area (Å²) < 4.78 is 30.7. The minimum absolute atomic E-state index is 0.0592. The Hall–Kier alpha value is -1.29. The van der Waals surface area contributed by atoms with Crippen LogP contribution in [0.2, 0.25) is 0 Å². The van der Waals surface area contributed by atoms with E-state index in [0.29, 0.717) is 0 Å². The number of rotatable bonds is 4. The third-order valence-electron chi connectivity index (χ3n) is 2.18. The van der Waals surface area contributed by atoms with Crippen LogP contribution in [0.4, 0.5) is 8.78 Å². The molecule has 0 fully saturated rings. The first-order valence-electron chi connectivity index (χ1n) is 4.54. The number of carbonyl (C=O) groups is 1. The van der Waals surface area contributed by atoms with E-state index in [9.17, 15) is 13.6 Å². The van der Waals surface area contributed by atoms with E-state index in [4.69, 9.17) is 4.74 Å². The van der Waals surface area contributed by atoms with Crippen molar-refractivity contribution in [2.75, 3.05) is 7.11 Å². The molecule has 82 valence electrons. The van der Waals surface area contributed by atoms with Gasteiger partial charge in [0.05, 0.1) is 0 Å². The number of Topliss-reactive ketones (excluding diaryl/α,β-unsaturated/α-hetero) is 1. The molecule has 1 atom stereocenters. The number of methoxy groups -OCH3 is 1. The molecule has 0 aliphatic heterocycles. The number of ether oxygens (including phenoxy) is 1. The summed E-state index contributed by atoms with van der Waals surface area (Å²) in [5, 5.41) is 0. The molecular weight excluding hydrogens is 202 g/mol. The van der Waals surface area contributed by atoms with Crippen LogP contribution in [0, 0.1) is 11.6 Å². The van der Waals surface area contributed by atoms with Gasteiger partial charge in [0, 0.05) is 13.5 Å². The fraction of sp³-hybridized carbons (Fsp3) is 0.364. The van der Waals surface area contributed by atoms with Gasteiger partial charge >= 0.3 is 0 Å². The molecule has 0 spiro atoms. The Kier molecular flexibility index (Phi) is 3.91. The third-order valence-corrected chi connectivity index (χ3v) is 2.18. The summed E-state index contributed by atoms with van der Waals surface area (Å²) in [6.07, 6.45) is -0.758. The minimum atomic E-state index is -0.604. The van der Waals surface area contributed by atoms with Crippen LogP contribution in [0.15, 0.2) is 18.2 Å². The molecule has 1 aromatic carbocycles. The van der Waals surface area contributed by atoms with Crippen molar-refractivity contribution in [1.82, 2.24) is 0 Å². The first kappa shape index (κ1) is 11.8. The predicted octanol–water partition coefficient (Wildman–Crippen LogP) is 2.11. The van der Waals surface area contributed by atoms with Crippen molar-refractivity contribution in [2.45, 2.75) is 19.4 Å². The molecule has 0 saturated heterocycles. The zero-order valence-corrected chi connectivity index (χ0v) is 8.59. The smallest absolute Gasteiger partial charge is 0.165 e. The lowest BCUT2D eigenvalue weighted by Gasteiger charge is -2.08. The second-order valence-electron chi connectivity index (χ2n) is 3.26. The zero-order chi connectivity index (χ0) is 11.4. The van der Waals surface area contributed by atoms with Gasteiger partial charge in [0.15, 0.2) is 5.78 Å². The molecule has 15 heavy (non-hydrogen) atoms. The van der Waals surface area contributed by atoms with Gasteiger partial charge in [-0.05, 0) is 30.7 Å². The molecule has 0 aliphatic rings. The Labute approximate surface area is 86.9 Å². The van der Waals surface area contributed by atoms with E-state index in [-0.39, 0.29) is 17.8 Å². The van der Waals surface area contributed by atoms with Crippen LogP contribution < -0.4 is 0 Å². The molecule has 0 N–H and O–H groups in total. The summed E-state index contributed by atoms with van der Waals surface area (Å²) in [6.45, 7) is 1.57.